The zero-order valence-corrected chi connectivity index (χ0v) is 15.1. The van der Waals surface area contributed by atoms with Crippen molar-refractivity contribution in [1.29, 1.82) is 0 Å². The first kappa shape index (κ1) is 17.1. The Morgan fingerprint density at radius 3 is 2.62 bits per heavy atom. The van der Waals surface area contributed by atoms with Gasteiger partial charge in [-0.3, -0.25) is 4.79 Å². The zero-order chi connectivity index (χ0) is 17.3. The van der Waals surface area contributed by atoms with Crippen molar-refractivity contribution in [2.45, 2.75) is 19.5 Å². The van der Waals surface area contributed by atoms with Crippen LogP contribution in [0.25, 0.3) is 10.9 Å². The zero-order valence-electron chi connectivity index (χ0n) is 13.6. The summed E-state index contributed by atoms with van der Waals surface area (Å²) in [5.74, 6) is 0. The molecule has 1 N–H and O–H groups in total. The molecule has 4 nitrogen and oxygen atoms in total. The smallest absolute Gasteiger partial charge is 0.260 e. The third-order valence-electron chi connectivity index (χ3n) is 4.18. The van der Waals surface area contributed by atoms with Gasteiger partial charge in [-0.05, 0) is 43.8 Å². The van der Waals surface area contributed by atoms with Crippen LogP contribution in [0, 0.1) is 0 Å². The Balaban J connectivity index is 1.97. The highest BCUT2D eigenvalue weighted by atomic mass is 35.5. The van der Waals surface area contributed by atoms with E-state index in [0.717, 1.165) is 23.0 Å². The maximum atomic E-state index is 12.7. The third-order valence-corrected chi connectivity index (χ3v) is 4.91. The first-order valence-corrected chi connectivity index (χ1v) is 8.55. The third kappa shape index (κ3) is 3.22. The van der Waals surface area contributed by atoms with Gasteiger partial charge in [-0.2, -0.15) is 0 Å². The second kappa shape index (κ2) is 7.01. The monoisotopic (exact) mass is 363 g/mol. The maximum absolute atomic E-state index is 12.7. The average molecular weight is 364 g/mol. The summed E-state index contributed by atoms with van der Waals surface area (Å²) < 4.78 is 3.81. The highest BCUT2D eigenvalue weighted by Crippen LogP contribution is 2.24. The Labute approximate surface area is 150 Å². The molecular weight excluding hydrogens is 345 g/mol. The molecule has 0 aliphatic carbocycles. The lowest BCUT2D eigenvalue weighted by atomic mass is 10.2. The highest BCUT2D eigenvalue weighted by molar-refractivity contribution is 6.42. The molecule has 3 rings (SSSR count). The molecule has 0 fully saturated rings. The van der Waals surface area contributed by atoms with E-state index >= 15 is 0 Å². The molecule has 0 saturated carbocycles. The van der Waals surface area contributed by atoms with Crippen molar-refractivity contribution in [3.8, 4) is 0 Å². The number of halogens is 2. The highest BCUT2D eigenvalue weighted by Gasteiger charge is 2.11. The van der Waals surface area contributed by atoms with Crippen molar-refractivity contribution >= 4 is 34.1 Å². The number of likely N-dealkylation sites (N-methyl/N-ethyl adjacent to an activating group) is 1. The van der Waals surface area contributed by atoms with Gasteiger partial charge >= 0.3 is 0 Å². The molecule has 1 aromatic carbocycles. The van der Waals surface area contributed by atoms with Crippen molar-refractivity contribution in [3.63, 3.8) is 0 Å². The van der Waals surface area contributed by atoms with E-state index in [1.54, 1.807) is 10.6 Å². The quantitative estimate of drug-likeness (QED) is 0.745. The van der Waals surface area contributed by atoms with Crippen LogP contribution in [-0.4, -0.2) is 22.7 Å². The Hall–Kier alpha value is -1.75. The van der Waals surface area contributed by atoms with Crippen LogP contribution in [0.1, 0.15) is 18.5 Å². The fourth-order valence-electron chi connectivity index (χ4n) is 2.92. The van der Waals surface area contributed by atoms with Gasteiger partial charge in [0.25, 0.3) is 5.56 Å². The lowest BCUT2D eigenvalue weighted by Crippen LogP contribution is -2.28. The van der Waals surface area contributed by atoms with E-state index < -0.39 is 0 Å². The molecule has 0 aliphatic heterocycles. The topological polar surface area (TPSA) is 39.0 Å². The van der Waals surface area contributed by atoms with Gasteiger partial charge in [0.05, 0.1) is 20.9 Å². The van der Waals surface area contributed by atoms with Crippen LogP contribution in [0.4, 0.5) is 0 Å². The van der Waals surface area contributed by atoms with E-state index in [1.165, 1.54) is 0 Å². The van der Waals surface area contributed by atoms with E-state index in [4.69, 9.17) is 23.2 Å². The fraction of sp³-hybridized carbons (Fsp3) is 0.278. The second-order valence-corrected chi connectivity index (χ2v) is 6.74. The number of nitrogens with one attached hydrogen (secondary N) is 1. The molecular formula is C18H19Cl2N3O. The van der Waals surface area contributed by atoms with Crippen molar-refractivity contribution in [2.24, 2.45) is 0 Å². The molecule has 0 amide bonds. The molecule has 24 heavy (non-hydrogen) atoms. The van der Waals surface area contributed by atoms with Gasteiger partial charge in [0.15, 0.2) is 0 Å². The van der Waals surface area contributed by atoms with Crippen LogP contribution >= 0.6 is 23.2 Å². The minimum absolute atomic E-state index is 0.0307. The van der Waals surface area contributed by atoms with E-state index in [1.807, 2.05) is 55.2 Å². The predicted octanol–water partition coefficient (Wildman–Crippen LogP) is 3.94. The van der Waals surface area contributed by atoms with Crippen molar-refractivity contribution in [2.75, 3.05) is 13.6 Å². The first-order valence-electron chi connectivity index (χ1n) is 7.79. The number of aromatic nitrogens is 2. The summed E-state index contributed by atoms with van der Waals surface area (Å²) in [6.45, 7) is 3.40. The van der Waals surface area contributed by atoms with E-state index in [9.17, 15) is 4.79 Å². The summed E-state index contributed by atoms with van der Waals surface area (Å²) in [4.78, 5) is 12.7. The molecule has 2 aromatic heterocycles. The van der Waals surface area contributed by atoms with E-state index in [-0.39, 0.29) is 11.6 Å². The molecule has 3 aromatic rings. The van der Waals surface area contributed by atoms with Crippen LogP contribution in [-0.2, 0) is 6.54 Å². The van der Waals surface area contributed by atoms with Gasteiger partial charge in [0, 0.05) is 31.5 Å². The maximum Gasteiger partial charge on any atom is 0.260 e. The number of fused-ring (bicyclic) bond motifs is 1. The van der Waals surface area contributed by atoms with Crippen LogP contribution in [0.15, 0.2) is 47.5 Å². The lowest BCUT2D eigenvalue weighted by Gasteiger charge is -2.15. The SMILES string of the molecule is CNCC(C)n1ccc2c(ccn2Cc2ccc(Cl)c(Cl)c2)c1=O. The Bertz CT molecular complexity index is 930. The summed E-state index contributed by atoms with van der Waals surface area (Å²) in [6.07, 6.45) is 3.79. The average Bonchev–Trinajstić information content (AvgIpc) is 2.95. The van der Waals surface area contributed by atoms with E-state index in [2.05, 4.69) is 5.32 Å². The molecule has 0 saturated heterocycles. The molecule has 0 bridgehead atoms. The van der Waals surface area contributed by atoms with Gasteiger partial charge in [-0.1, -0.05) is 29.3 Å². The lowest BCUT2D eigenvalue weighted by molar-refractivity contribution is 0.506. The number of hydrogen-bond acceptors (Lipinski definition) is 2. The van der Waals surface area contributed by atoms with E-state index in [0.29, 0.717) is 16.6 Å². The summed E-state index contributed by atoms with van der Waals surface area (Å²) in [5, 5.41) is 4.90. The molecule has 2 heterocycles. The van der Waals surface area contributed by atoms with Crippen LogP contribution in [0.5, 0.6) is 0 Å². The van der Waals surface area contributed by atoms with Gasteiger partial charge in [0.2, 0.25) is 0 Å². The predicted molar refractivity (Wildman–Crippen MR) is 100 cm³/mol. The molecule has 0 radical (unpaired) electrons. The minimum Gasteiger partial charge on any atom is -0.343 e. The summed E-state index contributed by atoms with van der Waals surface area (Å²) >= 11 is 12.0. The Kier molecular flexibility index (Phi) is 4.99. The minimum atomic E-state index is 0.0307. The van der Waals surface area contributed by atoms with Crippen molar-refractivity contribution in [1.82, 2.24) is 14.5 Å². The number of pyridine rings is 1. The number of rotatable bonds is 5. The van der Waals surface area contributed by atoms with Crippen LogP contribution in [0.2, 0.25) is 10.0 Å². The number of nitrogens with zero attached hydrogens (tertiary/aromatic N) is 2. The second-order valence-electron chi connectivity index (χ2n) is 5.93. The molecule has 126 valence electrons. The van der Waals surface area contributed by atoms with Gasteiger partial charge in [-0.25, -0.2) is 0 Å². The fourth-order valence-corrected chi connectivity index (χ4v) is 3.24. The first-order chi connectivity index (χ1) is 11.5. The summed E-state index contributed by atoms with van der Waals surface area (Å²) in [6, 6.07) is 9.54. The van der Waals surface area contributed by atoms with Gasteiger partial charge in [-0.15, -0.1) is 0 Å². The summed E-state index contributed by atoms with van der Waals surface area (Å²) in [7, 11) is 1.88. The largest absolute Gasteiger partial charge is 0.343 e. The number of benzene rings is 1. The molecule has 1 atom stereocenters. The number of hydrogen-bond donors (Lipinski definition) is 1. The Morgan fingerprint density at radius 1 is 1.12 bits per heavy atom. The van der Waals surface area contributed by atoms with Crippen LogP contribution in [0.3, 0.4) is 0 Å². The molecule has 0 spiro atoms. The molecule has 1 unspecified atom stereocenters. The van der Waals surface area contributed by atoms with Crippen molar-refractivity contribution in [3.05, 3.63) is 68.7 Å². The van der Waals surface area contributed by atoms with Crippen LogP contribution < -0.4 is 10.9 Å². The summed E-state index contributed by atoms with van der Waals surface area (Å²) in [5.41, 5.74) is 1.98. The normalized spacial score (nSPS) is 12.7. The standard InChI is InChI=1S/C18H19Cl2N3O/c1-12(10-21-2)23-8-6-17-14(18(23)24)5-7-22(17)11-13-3-4-15(19)16(20)9-13/h3-9,12,21H,10-11H2,1-2H3. The van der Waals surface area contributed by atoms with Gasteiger partial charge in [0.1, 0.15) is 0 Å². The van der Waals surface area contributed by atoms with Crippen molar-refractivity contribution < 1.29 is 0 Å². The van der Waals surface area contributed by atoms with Gasteiger partial charge < -0.3 is 14.5 Å². The Morgan fingerprint density at radius 2 is 1.92 bits per heavy atom. The molecule has 0 aliphatic rings. The molecule has 6 heteroatoms.